The third kappa shape index (κ3) is 5.19. The van der Waals surface area contributed by atoms with E-state index in [1.165, 1.54) is 0 Å². The molecule has 1 heterocycles. The molecule has 158 valence electrons. The highest BCUT2D eigenvalue weighted by Gasteiger charge is 2.20. The van der Waals surface area contributed by atoms with E-state index in [-0.39, 0.29) is 18.4 Å². The van der Waals surface area contributed by atoms with E-state index in [1.54, 1.807) is 6.92 Å². The highest BCUT2D eigenvalue weighted by atomic mass is 35.5. The van der Waals surface area contributed by atoms with Crippen LogP contribution < -0.4 is 4.74 Å². The van der Waals surface area contributed by atoms with Crippen LogP contribution in [0.4, 0.5) is 0 Å². The monoisotopic (exact) mass is 428 g/mol. The van der Waals surface area contributed by atoms with E-state index >= 15 is 0 Å². The number of nitrogens with zero attached hydrogens (tertiary/aromatic N) is 2. The largest absolute Gasteiger partial charge is 0.482 e. The van der Waals surface area contributed by atoms with E-state index in [0.717, 1.165) is 22.3 Å². The van der Waals surface area contributed by atoms with E-state index in [4.69, 9.17) is 25.5 Å². The highest BCUT2D eigenvalue weighted by molar-refractivity contribution is 6.31. The van der Waals surface area contributed by atoms with Crippen LogP contribution in [0.25, 0.3) is 11.5 Å². The second-order valence-corrected chi connectivity index (χ2v) is 7.93. The number of halogens is 1. The molecule has 0 spiro atoms. The second kappa shape index (κ2) is 9.30. The molecule has 1 unspecified atom stereocenters. The van der Waals surface area contributed by atoms with Gasteiger partial charge in [0.05, 0.1) is 0 Å². The molecule has 0 bridgehead atoms. The van der Waals surface area contributed by atoms with Crippen molar-refractivity contribution in [1.29, 1.82) is 0 Å². The Kier molecular flexibility index (Phi) is 6.77. The van der Waals surface area contributed by atoms with Crippen molar-refractivity contribution in [2.45, 2.75) is 46.6 Å². The van der Waals surface area contributed by atoms with Crippen LogP contribution in [0.5, 0.6) is 5.75 Å². The van der Waals surface area contributed by atoms with Crippen molar-refractivity contribution in [3.05, 3.63) is 64.0 Å². The average Bonchev–Trinajstić information content (AvgIpc) is 3.19. The molecule has 2 aromatic carbocycles. The molecule has 1 aromatic heterocycles. The van der Waals surface area contributed by atoms with Crippen molar-refractivity contribution in [3.8, 4) is 17.2 Å². The third-order valence-electron chi connectivity index (χ3n) is 4.65. The second-order valence-electron chi connectivity index (χ2n) is 7.53. The van der Waals surface area contributed by atoms with Gasteiger partial charge in [0.25, 0.3) is 5.89 Å². The fourth-order valence-corrected chi connectivity index (χ4v) is 3.05. The van der Waals surface area contributed by atoms with Crippen LogP contribution in [0.1, 0.15) is 55.4 Å². The zero-order chi connectivity index (χ0) is 21.8. The number of carbonyl (C=O) groups excluding carboxylic acids is 1. The lowest BCUT2D eigenvalue weighted by molar-refractivity contribution is -0.152. The fourth-order valence-electron chi connectivity index (χ4n) is 2.88. The summed E-state index contributed by atoms with van der Waals surface area (Å²) in [6.45, 7) is 9.41. The van der Waals surface area contributed by atoms with Gasteiger partial charge in [-0.25, -0.2) is 4.79 Å². The van der Waals surface area contributed by atoms with Crippen LogP contribution in [0.2, 0.25) is 5.02 Å². The van der Waals surface area contributed by atoms with Gasteiger partial charge < -0.3 is 13.9 Å². The van der Waals surface area contributed by atoms with Gasteiger partial charge in [0.15, 0.2) is 12.7 Å². The van der Waals surface area contributed by atoms with Crippen molar-refractivity contribution in [3.63, 3.8) is 0 Å². The molecule has 7 heteroatoms. The maximum atomic E-state index is 12.3. The Morgan fingerprint density at radius 2 is 1.80 bits per heavy atom. The van der Waals surface area contributed by atoms with Gasteiger partial charge in [-0.05, 0) is 62.1 Å². The predicted octanol–water partition coefficient (Wildman–Crippen LogP) is 5.81. The Morgan fingerprint density at radius 1 is 1.10 bits per heavy atom. The normalized spacial score (nSPS) is 12.1. The van der Waals surface area contributed by atoms with Gasteiger partial charge in [-0.2, -0.15) is 0 Å². The first-order valence-corrected chi connectivity index (χ1v) is 10.1. The lowest BCUT2D eigenvalue weighted by Gasteiger charge is -2.16. The summed E-state index contributed by atoms with van der Waals surface area (Å²) in [7, 11) is 0. The summed E-state index contributed by atoms with van der Waals surface area (Å²) in [6.07, 6.45) is -0.690. The first-order chi connectivity index (χ1) is 14.2. The highest BCUT2D eigenvalue weighted by Crippen LogP contribution is 2.32. The number of hydrogen-bond donors (Lipinski definition) is 0. The Balaban J connectivity index is 1.62. The lowest BCUT2D eigenvalue weighted by Crippen LogP contribution is -2.17. The molecular formula is C23H25ClN2O4. The Labute approximate surface area is 181 Å². The molecule has 1 atom stereocenters. The first-order valence-electron chi connectivity index (χ1n) is 9.77. The van der Waals surface area contributed by atoms with Gasteiger partial charge in [-0.1, -0.05) is 43.1 Å². The SMILES string of the molecule is Cc1ccc(-c2nnc(C(C)OC(=O)COc3cc(C)c(Cl)cc3C(C)C)o2)cc1. The molecule has 3 aromatic rings. The molecule has 0 N–H and O–H groups in total. The first kappa shape index (κ1) is 21.8. The topological polar surface area (TPSA) is 74.5 Å². The average molecular weight is 429 g/mol. The Bertz CT molecular complexity index is 1030. The van der Waals surface area contributed by atoms with Crippen LogP contribution in [-0.2, 0) is 9.53 Å². The molecule has 0 amide bonds. The zero-order valence-electron chi connectivity index (χ0n) is 17.7. The predicted molar refractivity (Wildman–Crippen MR) is 115 cm³/mol. The number of carbonyl (C=O) groups is 1. The van der Waals surface area contributed by atoms with E-state index in [0.29, 0.717) is 16.7 Å². The minimum Gasteiger partial charge on any atom is -0.482 e. The van der Waals surface area contributed by atoms with Gasteiger partial charge in [0, 0.05) is 10.6 Å². The lowest BCUT2D eigenvalue weighted by atomic mass is 10.0. The summed E-state index contributed by atoms with van der Waals surface area (Å²) < 4.78 is 16.8. The van der Waals surface area contributed by atoms with Crippen molar-refractivity contribution in [2.24, 2.45) is 0 Å². The summed E-state index contributed by atoms with van der Waals surface area (Å²) >= 11 is 6.21. The van der Waals surface area contributed by atoms with Crippen molar-refractivity contribution in [2.75, 3.05) is 6.61 Å². The van der Waals surface area contributed by atoms with Crippen molar-refractivity contribution >= 4 is 17.6 Å². The molecular weight excluding hydrogens is 404 g/mol. The minimum absolute atomic E-state index is 0.201. The third-order valence-corrected chi connectivity index (χ3v) is 5.06. The quantitative estimate of drug-likeness (QED) is 0.442. The van der Waals surface area contributed by atoms with Gasteiger partial charge in [0.1, 0.15) is 5.75 Å². The summed E-state index contributed by atoms with van der Waals surface area (Å²) in [4.78, 5) is 12.3. The van der Waals surface area contributed by atoms with Crippen LogP contribution in [-0.4, -0.2) is 22.8 Å². The number of aromatic nitrogens is 2. The Hall–Kier alpha value is -2.86. The number of ether oxygens (including phenoxy) is 2. The Morgan fingerprint density at radius 3 is 2.47 bits per heavy atom. The van der Waals surface area contributed by atoms with E-state index in [2.05, 4.69) is 10.2 Å². The molecule has 0 radical (unpaired) electrons. The van der Waals surface area contributed by atoms with Crippen LogP contribution in [0, 0.1) is 13.8 Å². The molecule has 0 saturated carbocycles. The van der Waals surface area contributed by atoms with Crippen LogP contribution >= 0.6 is 11.6 Å². The van der Waals surface area contributed by atoms with Gasteiger partial charge in [-0.15, -0.1) is 10.2 Å². The number of benzene rings is 2. The summed E-state index contributed by atoms with van der Waals surface area (Å²) in [6, 6.07) is 11.4. The standard InChI is InChI=1S/C23H25ClN2O4/c1-13(2)18-11-19(24)15(4)10-20(18)28-12-21(27)29-16(5)22-25-26-23(30-22)17-8-6-14(3)7-9-17/h6-11,13,16H,12H2,1-5H3. The van der Waals surface area contributed by atoms with E-state index in [1.807, 2.05) is 64.1 Å². The number of esters is 1. The number of rotatable bonds is 7. The maximum absolute atomic E-state index is 12.3. The minimum atomic E-state index is -0.690. The van der Waals surface area contributed by atoms with Crippen molar-refractivity contribution < 1.29 is 18.7 Å². The number of hydrogen-bond acceptors (Lipinski definition) is 6. The van der Waals surface area contributed by atoms with Crippen LogP contribution in [0.3, 0.4) is 0 Å². The molecule has 0 aliphatic carbocycles. The molecule has 30 heavy (non-hydrogen) atoms. The fraction of sp³-hybridized carbons (Fsp3) is 0.348. The molecule has 0 aliphatic heterocycles. The maximum Gasteiger partial charge on any atom is 0.344 e. The van der Waals surface area contributed by atoms with E-state index < -0.39 is 12.1 Å². The smallest absolute Gasteiger partial charge is 0.344 e. The molecule has 0 fully saturated rings. The van der Waals surface area contributed by atoms with Gasteiger partial charge >= 0.3 is 5.97 Å². The van der Waals surface area contributed by atoms with Crippen LogP contribution in [0.15, 0.2) is 40.8 Å². The van der Waals surface area contributed by atoms with Gasteiger partial charge in [-0.3, -0.25) is 0 Å². The number of aryl methyl sites for hydroxylation is 2. The summed E-state index contributed by atoms with van der Waals surface area (Å²) in [5, 5.41) is 8.70. The molecule has 0 saturated heterocycles. The summed E-state index contributed by atoms with van der Waals surface area (Å²) in [5.41, 5.74) is 3.76. The summed E-state index contributed by atoms with van der Waals surface area (Å²) in [5.74, 6) is 0.897. The van der Waals surface area contributed by atoms with Crippen molar-refractivity contribution in [1.82, 2.24) is 10.2 Å². The molecule has 6 nitrogen and oxygen atoms in total. The zero-order valence-corrected chi connectivity index (χ0v) is 18.5. The van der Waals surface area contributed by atoms with Gasteiger partial charge in [0.2, 0.25) is 5.89 Å². The van der Waals surface area contributed by atoms with E-state index in [9.17, 15) is 4.79 Å². The molecule has 3 rings (SSSR count). The molecule has 0 aliphatic rings.